The van der Waals surface area contributed by atoms with Crippen LogP contribution in [0.4, 0.5) is 0 Å². The number of hydrogen-bond donors (Lipinski definition) is 1. The molecule has 0 aliphatic heterocycles. The van der Waals surface area contributed by atoms with E-state index in [9.17, 15) is 0 Å². The first-order valence-corrected chi connectivity index (χ1v) is 8.01. The second kappa shape index (κ2) is 7.14. The van der Waals surface area contributed by atoms with Crippen LogP contribution in [0.2, 0.25) is 0 Å². The number of aryl methyl sites for hydroxylation is 2. The van der Waals surface area contributed by atoms with E-state index in [4.69, 9.17) is 4.42 Å². The Morgan fingerprint density at radius 2 is 2.00 bits per heavy atom. The van der Waals surface area contributed by atoms with Gasteiger partial charge in [-0.15, -0.1) is 0 Å². The topological polar surface area (TPSA) is 25.2 Å². The summed E-state index contributed by atoms with van der Waals surface area (Å²) in [5.74, 6) is 3.09. The minimum absolute atomic E-state index is 0.476. The molecule has 0 radical (unpaired) electrons. The molecule has 0 amide bonds. The first-order valence-electron chi connectivity index (χ1n) is 8.01. The maximum Gasteiger partial charge on any atom is 0.105 e. The highest BCUT2D eigenvalue weighted by atomic mass is 16.3. The molecule has 1 heterocycles. The quantitative estimate of drug-likeness (QED) is 0.789. The van der Waals surface area contributed by atoms with Gasteiger partial charge >= 0.3 is 0 Å². The van der Waals surface area contributed by atoms with Crippen LogP contribution in [0.3, 0.4) is 0 Å². The largest absolute Gasteiger partial charge is 0.466 e. The van der Waals surface area contributed by atoms with Gasteiger partial charge in [0, 0.05) is 11.6 Å². The van der Waals surface area contributed by atoms with Gasteiger partial charge in [0.05, 0.1) is 0 Å². The fourth-order valence-electron chi connectivity index (χ4n) is 3.49. The molecular weight excluding hydrogens is 234 g/mol. The monoisotopic (exact) mass is 263 g/mol. The Morgan fingerprint density at radius 3 is 2.58 bits per heavy atom. The standard InChI is InChI=1S/C17H29NO/c1-4-18-17(16-12-13(2)19-14(16)3)11-10-15-8-6-5-7-9-15/h12,15,17-18H,4-11H2,1-3H3. The van der Waals surface area contributed by atoms with E-state index >= 15 is 0 Å². The molecule has 108 valence electrons. The lowest BCUT2D eigenvalue weighted by Gasteiger charge is -2.24. The fourth-order valence-corrected chi connectivity index (χ4v) is 3.49. The maximum absolute atomic E-state index is 5.69. The molecule has 2 nitrogen and oxygen atoms in total. The van der Waals surface area contributed by atoms with Crippen LogP contribution in [0.1, 0.15) is 75.0 Å². The van der Waals surface area contributed by atoms with Crippen LogP contribution < -0.4 is 5.32 Å². The van der Waals surface area contributed by atoms with Crippen molar-refractivity contribution < 1.29 is 4.42 Å². The van der Waals surface area contributed by atoms with Crippen molar-refractivity contribution in [3.63, 3.8) is 0 Å². The van der Waals surface area contributed by atoms with Crippen LogP contribution in [0.15, 0.2) is 10.5 Å². The molecule has 1 N–H and O–H groups in total. The van der Waals surface area contributed by atoms with Gasteiger partial charge < -0.3 is 9.73 Å². The molecule has 1 aromatic heterocycles. The Balaban J connectivity index is 1.93. The molecule has 2 heteroatoms. The van der Waals surface area contributed by atoms with Crippen molar-refractivity contribution in [2.75, 3.05) is 6.54 Å². The zero-order valence-corrected chi connectivity index (χ0v) is 12.8. The van der Waals surface area contributed by atoms with Gasteiger partial charge in [0.15, 0.2) is 0 Å². The summed E-state index contributed by atoms with van der Waals surface area (Å²) in [6.45, 7) is 7.35. The first-order chi connectivity index (χ1) is 9.20. The Morgan fingerprint density at radius 1 is 1.26 bits per heavy atom. The zero-order chi connectivity index (χ0) is 13.7. The van der Waals surface area contributed by atoms with Gasteiger partial charge in [-0.25, -0.2) is 0 Å². The third-order valence-electron chi connectivity index (χ3n) is 4.49. The van der Waals surface area contributed by atoms with Gasteiger partial charge in [0.2, 0.25) is 0 Å². The van der Waals surface area contributed by atoms with Crippen molar-refractivity contribution in [2.45, 2.75) is 71.8 Å². The van der Waals surface area contributed by atoms with E-state index in [1.54, 1.807) is 0 Å². The van der Waals surface area contributed by atoms with Gasteiger partial charge in [0.25, 0.3) is 0 Å². The van der Waals surface area contributed by atoms with Gasteiger partial charge in [0.1, 0.15) is 11.5 Å². The van der Waals surface area contributed by atoms with Gasteiger partial charge in [-0.1, -0.05) is 39.0 Å². The molecular formula is C17H29NO. The Hall–Kier alpha value is -0.760. The van der Waals surface area contributed by atoms with Crippen molar-refractivity contribution in [1.29, 1.82) is 0 Å². The molecule has 1 aliphatic rings. The molecule has 1 fully saturated rings. The lowest BCUT2D eigenvalue weighted by Crippen LogP contribution is -2.22. The van der Waals surface area contributed by atoms with E-state index in [1.165, 1.54) is 50.5 Å². The van der Waals surface area contributed by atoms with E-state index in [2.05, 4.69) is 25.2 Å². The molecule has 0 spiro atoms. The van der Waals surface area contributed by atoms with Crippen molar-refractivity contribution in [3.05, 3.63) is 23.2 Å². The number of hydrogen-bond acceptors (Lipinski definition) is 2. The van der Waals surface area contributed by atoms with Gasteiger partial charge in [-0.3, -0.25) is 0 Å². The summed E-state index contributed by atoms with van der Waals surface area (Å²) in [6.07, 6.45) is 9.85. The van der Waals surface area contributed by atoms with E-state index in [1.807, 2.05) is 6.92 Å². The van der Waals surface area contributed by atoms with Crippen LogP contribution in [0, 0.1) is 19.8 Å². The molecule has 1 unspecified atom stereocenters. The molecule has 1 aliphatic carbocycles. The van der Waals surface area contributed by atoms with Gasteiger partial charge in [-0.2, -0.15) is 0 Å². The molecule has 19 heavy (non-hydrogen) atoms. The van der Waals surface area contributed by atoms with Crippen LogP contribution in [-0.2, 0) is 0 Å². The van der Waals surface area contributed by atoms with Crippen molar-refractivity contribution in [2.24, 2.45) is 5.92 Å². The summed E-state index contributed by atoms with van der Waals surface area (Å²) in [5, 5.41) is 3.63. The summed E-state index contributed by atoms with van der Waals surface area (Å²) in [5.41, 5.74) is 1.37. The summed E-state index contributed by atoms with van der Waals surface area (Å²) in [6, 6.07) is 2.69. The van der Waals surface area contributed by atoms with Gasteiger partial charge in [-0.05, 0) is 45.2 Å². The third-order valence-corrected chi connectivity index (χ3v) is 4.49. The van der Waals surface area contributed by atoms with E-state index in [0.717, 1.165) is 24.0 Å². The molecule has 0 bridgehead atoms. The van der Waals surface area contributed by atoms with Crippen LogP contribution in [0.5, 0.6) is 0 Å². The summed E-state index contributed by atoms with van der Waals surface area (Å²) in [7, 11) is 0. The molecule has 0 aromatic carbocycles. The van der Waals surface area contributed by atoms with Crippen molar-refractivity contribution in [1.82, 2.24) is 5.32 Å². The van der Waals surface area contributed by atoms with Crippen molar-refractivity contribution in [3.8, 4) is 0 Å². The molecule has 0 saturated heterocycles. The highest BCUT2D eigenvalue weighted by Gasteiger charge is 2.19. The molecule has 2 rings (SSSR count). The second-order valence-corrected chi connectivity index (χ2v) is 6.06. The van der Waals surface area contributed by atoms with Crippen molar-refractivity contribution >= 4 is 0 Å². The highest BCUT2D eigenvalue weighted by molar-refractivity contribution is 5.24. The molecule has 1 saturated carbocycles. The summed E-state index contributed by atoms with van der Waals surface area (Å²) >= 11 is 0. The SMILES string of the molecule is CCNC(CCC1CCCCC1)c1cc(C)oc1C. The molecule has 1 atom stereocenters. The lowest BCUT2D eigenvalue weighted by molar-refractivity contribution is 0.314. The average Bonchev–Trinajstić information content (AvgIpc) is 2.75. The summed E-state index contributed by atoms with van der Waals surface area (Å²) in [4.78, 5) is 0. The summed E-state index contributed by atoms with van der Waals surface area (Å²) < 4.78 is 5.69. The Bertz CT molecular complexity index is 377. The normalized spacial score (nSPS) is 18.7. The number of furan rings is 1. The fraction of sp³-hybridized carbons (Fsp3) is 0.765. The van der Waals surface area contributed by atoms with Crippen LogP contribution in [-0.4, -0.2) is 6.54 Å². The van der Waals surface area contributed by atoms with E-state index in [0.29, 0.717) is 6.04 Å². The second-order valence-electron chi connectivity index (χ2n) is 6.06. The van der Waals surface area contributed by atoms with E-state index in [-0.39, 0.29) is 0 Å². The minimum atomic E-state index is 0.476. The van der Waals surface area contributed by atoms with E-state index < -0.39 is 0 Å². The first kappa shape index (κ1) is 14.6. The predicted octanol–water partition coefficient (Wildman–Crippen LogP) is 4.91. The Kier molecular flexibility index (Phi) is 5.50. The highest BCUT2D eigenvalue weighted by Crippen LogP contribution is 2.32. The zero-order valence-electron chi connectivity index (χ0n) is 12.8. The predicted molar refractivity (Wildman–Crippen MR) is 80.4 cm³/mol. The average molecular weight is 263 g/mol. The maximum atomic E-state index is 5.69. The smallest absolute Gasteiger partial charge is 0.105 e. The third kappa shape index (κ3) is 4.10. The Labute approximate surface area is 118 Å². The van der Waals surface area contributed by atoms with Crippen LogP contribution >= 0.6 is 0 Å². The molecule has 1 aromatic rings. The minimum Gasteiger partial charge on any atom is -0.466 e. The number of rotatable bonds is 6. The van der Waals surface area contributed by atoms with Crippen LogP contribution in [0.25, 0.3) is 0 Å². The lowest BCUT2D eigenvalue weighted by atomic mass is 9.84. The number of nitrogens with one attached hydrogen (secondary N) is 1.